The summed E-state index contributed by atoms with van der Waals surface area (Å²) in [7, 11) is 4.57. The number of nitrogens with zero attached hydrogens (tertiary/aromatic N) is 1. The molecule has 0 fully saturated rings. The summed E-state index contributed by atoms with van der Waals surface area (Å²) in [4.78, 5) is 12.2. The molecule has 8 heteroatoms. The number of fused-ring (bicyclic) bond motifs is 1. The maximum Gasteiger partial charge on any atom is 0.271 e. The van der Waals surface area contributed by atoms with Crippen molar-refractivity contribution in [1.29, 1.82) is 0 Å². The van der Waals surface area contributed by atoms with E-state index in [4.69, 9.17) is 23.7 Å². The van der Waals surface area contributed by atoms with E-state index < -0.39 is 0 Å². The second kappa shape index (κ2) is 7.64. The first-order chi connectivity index (χ1) is 12.7. The van der Waals surface area contributed by atoms with Crippen molar-refractivity contribution in [2.24, 2.45) is 5.10 Å². The number of nitrogens with one attached hydrogen (secondary N) is 1. The Kier molecular flexibility index (Phi) is 5.12. The van der Waals surface area contributed by atoms with Crippen LogP contribution < -0.4 is 29.1 Å². The Labute approximate surface area is 150 Å². The minimum absolute atomic E-state index is 0.150. The second-order valence-electron chi connectivity index (χ2n) is 5.19. The topological polar surface area (TPSA) is 87.6 Å². The summed E-state index contributed by atoms with van der Waals surface area (Å²) in [5, 5.41) is 3.98. The van der Waals surface area contributed by atoms with Gasteiger partial charge in [0.1, 0.15) is 0 Å². The number of hydrogen-bond donors (Lipinski definition) is 1. The van der Waals surface area contributed by atoms with E-state index in [1.807, 2.05) is 0 Å². The Balaban J connectivity index is 1.75. The smallest absolute Gasteiger partial charge is 0.271 e. The lowest BCUT2D eigenvalue weighted by molar-refractivity contribution is 0.0954. The summed E-state index contributed by atoms with van der Waals surface area (Å²) in [5.74, 6) is 2.20. The summed E-state index contributed by atoms with van der Waals surface area (Å²) in [6.07, 6.45) is 1.46. The fourth-order valence-electron chi connectivity index (χ4n) is 2.49. The van der Waals surface area contributed by atoms with E-state index in [9.17, 15) is 4.79 Å². The molecule has 1 N–H and O–H groups in total. The molecule has 1 heterocycles. The molecule has 1 aliphatic heterocycles. The molecule has 3 rings (SSSR count). The van der Waals surface area contributed by atoms with Gasteiger partial charge in [-0.25, -0.2) is 5.43 Å². The number of rotatable bonds is 6. The SMILES string of the molecule is COc1ccc(/C=N/NC(=O)c2ccc3c(c2)OCO3)c(OC)c1OC. The van der Waals surface area contributed by atoms with Crippen LogP contribution in [-0.2, 0) is 0 Å². The Morgan fingerprint density at radius 3 is 2.54 bits per heavy atom. The van der Waals surface area contributed by atoms with Crippen molar-refractivity contribution in [2.75, 3.05) is 28.1 Å². The average molecular weight is 358 g/mol. The van der Waals surface area contributed by atoms with Gasteiger partial charge in [-0.1, -0.05) is 0 Å². The summed E-state index contributed by atoms with van der Waals surface area (Å²) < 4.78 is 26.4. The summed E-state index contributed by atoms with van der Waals surface area (Å²) in [6.45, 7) is 0.150. The number of hydrazone groups is 1. The molecule has 136 valence electrons. The first kappa shape index (κ1) is 17.4. The molecular formula is C18H18N2O6. The summed E-state index contributed by atoms with van der Waals surface area (Å²) >= 11 is 0. The minimum atomic E-state index is -0.376. The minimum Gasteiger partial charge on any atom is -0.493 e. The molecule has 0 atom stereocenters. The zero-order valence-electron chi connectivity index (χ0n) is 14.6. The van der Waals surface area contributed by atoms with Crippen LogP contribution in [0.1, 0.15) is 15.9 Å². The highest BCUT2D eigenvalue weighted by Crippen LogP contribution is 2.39. The highest BCUT2D eigenvalue weighted by molar-refractivity contribution is 5.96. The number of methoxy groups -OCH3 is 3. The van der Waals surface area contributed by atoms with Crippen molar-refractivity contribution in [3.63, 3.8) is 0 Å². The molecule has 0 spiro atoms. The van der Waals surface area contributed by atoms with Crippen molar-refractivity contribution in [3.05, 3.63) is 41.5 Å². The van der Waals surface area contributed by atoms with Gasteiger partial charge in [-0.05, 0) is 30.3 Å². The zero-order valence-corrected chi connectivity index (χ0v) is 14.6. The van der Waals surface area contributed by atoms with E-state index in [1.54, 1.807) is 30.3 Å². The highest BCUT2D eigenvalue weighted by atomic mass is 16.7. The van der Waals surface area contributed by atoms with Crippen molar-refractivity contribution >= 4 is 12.1 Å². The van der Waals surface area contributed by atoms with E-state index in [0.29, 0.717) is 39.9 Å². The Morgan fingerprint density at radius 1 is 1.04 bits per heavy atom. The van der Waals surface area contributed by atoms with Crippen LogP contribution in [0.3, 0.4) is 0 Å². The molecule has 26 heavy (non-hydrogen) atoms. The maximum atomic E-state index is 12.2. The largest absolute Gasteiger partial charge is 0.493 e. The molecule has 0 aliphatic carbocycles. The van der Waals surface area contributed by atoms with Gasteiger partial charge in [-0.2, -0.15) is 5.10 Å². The van der Waals surface area contributed by atoms with E-state index in [1.165, 1.54) is 27.5 Å². The van der Waals surface area contributed by atoms with Gasteiger partial charge in [-0.3, -0.25) is 4.79 Å². The Bertz CT molecular complexity index is 850. The zero-order chi connectivity index (χ0) is 18.5. The van der Waals surface area contributed by atoms with Gasteiger partial charge >= 0.3 is 0 Å². The van der Waals surface area contributed by atoms with Crippen molar-refractivity contribution in [2.45, 2.75) is 0 Å². The van der Waals surface area contributed by atoms with E-state index in [-0.39, 0.29) is 12.7 Å². The summed E-state index contributed by atoms with van der Waals surface area (Å²) in [5.41, 5.74) is 3.49. The fourth-order valence-corrected chi connectivity index (χ4v) is 2.49. The molecule has 0 radical (unpaired) electrons. The van der Waals surface area contributed by atoms with Crippen LogP contribution in [0.25, 0.3) is 0 Å². The van der Waals surface area contributed by atoms with Crippen LogP contribution in [-0.4, -0.2) is 40.2 Å². The fraction of sp³-hybridized carbons (Fsp3) is 0.222. The monoisotopic (exact) mass is 358 g/mol. The third-order valence-electron chi connectivity index (χ3n) is 3.74. The highest BCUT2D eigenvalue weighted by Gasteiger charge is 2.17. The molecule has 0 saturated heterocycles. The molecule has 0 unspecified atom stereocenters. The summed E-state index contributed by atoms with van der Waals surface area (Å²) in [6, 6.07) is 8.39. The van der Waals surface area contributed by atoms with Gasteiger partial charge in [-0.15, -0.1) is 0 Å². The van der Waals surface area contributed by atoms with Gasteiger partial charge in [0.25, 0.3) is 5.91 Å². The third kappa shape index (κ3) is 3.34. The predicted molar refractivity (Wildman–Crippen MR) is 93.7 cm³/mol. The quantitative estimate of drug-likeness (QED) is 0.629. The molecule has 2 aromatic carbocycles. The second-order valence-corrected chi connectivity index (χ2v) is 5.19. The number of amides is 1. The van der Waals surface area contributed by atoms with Crippen LogP contribution in [0.15, 0.2) is 35.4 Å². The molecule has 0 bridgehead atoms. The molecular weight excluding hydrogens is 340 g/mol. The third-order valence-corrected chi connectivity index (χ3v) is 3.74. The van der Waals surface area contributed by atoms with E-state index in [0.717, 1.165) is 0 Å². The number of benzene rings is 2. The van der Waals surface area contributed by atoms with Crippen molar-refractivity contribution in [3.8, 4) is 28.7 Å². The van der Waals surface area contributed by atoms with Gasteiger partial charge in [0.05, 0.1) is 27.5 Å². The van der Waals surface area contributed by atoms with Gasteiger partial charge in [0.2, 0.25) is 12.5 Å². The first-order valence-electron chi connectivity index (χ1n) is 7.70. The molecule has 1 amide bonds. The first-order valence-corrected chi connectivity index (χ1v) is 7.70. The molecule has 8 nitrogen and oxygen atoms in total. The molecule has 2 aromatic rings. The van der Waals surface area contributed by atoms with Crippen LogP contribution in [0.4, 0.5) is 0 Å². The number of carbonyl (C=O) groups is 1. The van der Waals surface area contributed by atoms with Crippen molar-refractivity contribution < 1.29 is 28.5 Å². The molecule has 0 saturated carbocycles. The van der Waals surface area contributed by atoms with Gasteiger partial charge in [0.15, 0.2) is 23.0 Å². The Morgan fingerprint density at radius 2 is 1.81 bits per heavy atom. The molecule has 1 aliphatic rings. The van der Waals surface area contributed by atoms with Crippen LogP contribution in [0.2, 0.25) is 0 Å². The molecule has 0 aromatic heterocycles. The van der Waals surface area contributed by atoms with Crippen molar-refractivity contribution in [1.82, 2.24) is 5.43 Å². The van der Waals surface area contributed by atoms with Gasteiger partial charge < -0.3 is 23.7 Å². The average Bonchev–Trinajstić information content (AvgIpc) is 3.14. The lowest BCUT2D eigenvalue weighted by Gasteiger charge is -2.13. The lowest BCUT2D eigenvalue weighted by atomic mass is 10.2. The van der Waals surface area contributed by atoms with Crippen LogP contribution in [0, 0.1) is 0 Å². The van der Waals surface area contributed by atoms with E-state index >= 15 is 0 Å². The lowest BCUT2D eigenvalue weighted by Crippen LogP contribution is -2.17. The van der Waals surface area contributed by atoms with E-state index in [2.05, 4.69) is 10.5 Å². The van der Waals surface area contributed by atoms with Crippen LogP contribution in [0.5, 0.6) is 28.7 Å². The Hall–Kier alpha value is -3.42. The maximum absolute atomic E-state index is 12.2. The van der Waals surface area contributed by atoms with Gasteiger partial charge in [0, 0.05) is 11.1 Å². The van der Waals surface area contributed by atoms with Crippen LogP contribution >= 0.6 is 0 Å². The number of carbonyl (C=O) groups excluding carboxylic acids is 1. The number of ether oxygens (including phenoxy) is 5. The number of hydrogen-bond acceptors (Lipinski definition) is 7. The predicted octanol–water partition coefficient (Wildman–Crippen LogP) is 2.21. The normalized spacial score (nSPS) is 12.1. The standard InChI is InChI=1S/C18H18N2O6/c1-22-14-7-5-12(16(23-2)17(14)24-3)9-19-20-18(21)11-4-6-13-15(8-11)26-10-25-13/h4-9H,10H2,1-3H3,(H,20,21)/b19-9+.